The number of unbranched alkanes of at least 4 members (excludes halogenated alkanes) is 2. The predicted molar refractivity (Wildman–Crippen MR) is 141 cm³/mol. The van der Waals surface area contributed by atoms with Crippen molar-refractivity contribution in [1.82, 2.24) is 10.2 Å². The Kier molecular flexibility index (Phi) is 9.82. The van der Waals surface area contributed by atoms with E-state index in [1.165, 1.54) is 35.2 Å². The van der Waals surface area contributed by atoms with Gasteiger partial charge in [0.15, 0.2) is 4.90 Å². The first-order chi connectivity index (χ1) is 19.0. The Morgan fingerprint density at radius 1 is 1.10 bits per heavy atom. The molecule has 214 valence electrons. The third-order valence-corrected chi connectivity index (χ3v) is 7.41. The standard InChI is InChI=1S/C26H29N3O10S/c1-3-38-25(32)23-17(2)28(16-10-4-5-15-22(30)31)26(33)27-24(23)18-11-6-8-13-20(18)39-40(36,37)21-14-9-7-12-19(21)29(34)35/h6-9,11-14,24H,3-5,10,15-16H2,1-2H3,(H,27,33)(H,30,31). The van der Waals surface area contributed by atoms with Gasteiger partial charge >= 0.3 is 28.1 Å². The fourth-order valence-electron chi connectivity index (χ4n) is 4.26. The topological polar surface area (TPSA) is 182 Å². The number of nitro groups is 1. The summed E-state index contributed by atoms with van der Waals surface area (Å²) in [6, 6.07) is 8.78. The van der Waals surface area contributed by atoms with Crippen LogP contribution in [0.25, 0.3) is 0 Å². The van der Waals surface area contributed by atoms with E-state index >= 15 is 0 Å². The maximum absolute atomic E-state index is 13.1. The van der Waals surface area contributed by atoms with Crippen LogP contribution in [0.5, 0.6) is 5.75 Å². The minimum atomic E-state index is -4.70. The summed E-state index contributed by atoms with van der Waals surface area (Å²) in [6.07, 6.45) is 1.46. The Morgan fingerprint density at radius 2 is 1.77 bits per heavy atom. The van der Waals surface area contributed by atoms with Crippen LogP contribution in [-0.2, 0) is 24.4 Å². The van der Waals surface area contributed by atoms with Crippen LogP contribution in [0, 0.1) is 10.1 Å². The van der Waals surface area contributed by atoms with Crippen LogP contribution in [0.3, 0.4) is 0 Å². The number of carbonyl (C=O) groups is 3. The lowest BCUT2D eigenvalue weighted by Gasteiger charge is -2.35. The second-order valence-electron chi connectivity index (χ2n) is 8.76. The molecule has 0 aliphatic carbocycles. The van der Waals surface area contributed by atoms with Crippen LogP contribution in [0.1, 0.15) is 51.1 Å². The van der Waals surface area contributed by atoms with Crippen molar-refractivity contribution in [1.29, 1.82) is 0 Å². The highest BCUT2D eigenvalue weighted by Gasteiger charge is 2.38. The molecule has 1 atom stereocenters. The lowest BCUT2D eigenvalue weighted by atomic mass is 9.94. The van der Waals surface area contributed by atoms with Gasteiger partial charge < -0.3 is 19.3 Å². The Hall–Kier alpha value is -4.46. The molecule has 40 heavy (non-hydrogen) atoms. The van der Waals surface area contributed by atoms with Gasteiger partial charge in [-0.15, -0.1) is 0 Å². The van der Waals surface area contributed by atoms with Gasteiger partial charge in [-0.25, -0.2) is 9.59 Å². The number of nitrogens with zero attached hydrogens (tertiary/aromatic N) is 2. The highest BCUT2D eigenvalue weighted by Crippen LogP contribution is 2.37. The summed E-state index contributed by atoms with van der Waals surface area (Å²) in [7, 11) is -4.70. The molecule has 2 aromatic carbocycles. The van der Waals surface area contributed by atoms with E-state index in [2.05, 4.69) is 5.32 Å². The molecule has 0 fully saturated rings. The molecule has 0 radical (unpaired) electrons. The van der Waals surface area contributed by atoms with Gasteiger partial charge in [0.05, 0.1) is 23.1 Å². The molecule has 0 bridgehead atoms. The summed E-state index contributed by atoms with van der Waals surface area (Å²) in [4.78, 5) is 48.2. The van der Waals surface area contributed by atoms with E-state index in [1.54, 1.807) is 19.9 Å². The Bertz CT molecular complexity index is 1440. The number of carboxylic acid groups (broad SMARTS) is 1. The Morgan fingerprint density at radius 3 is 2.45 bits per heavy atom. The number of urea groups is 1. The maximum atomic E-state index is 13.1. The van der Waals surface area contributed by atoms with Gasteiger partial charge in [-0.3, -0.25) is 19.8 Å². The molecule has 14 heteroatoms. The number of esters is 1. The number of amides is 2. The quantitative estimate of drug-likeness (QED) is 0.117. The molecule has 0 saturated heterocycles. The fraction of sp³-hybridized carbons (Fsp3) is 0.346. The van der Waals surface area contributed by atoms with E-state index in [1.807, 2.05) is 0 Å². The predicted octanol–water partition coefficient (Wildman–Crippen LogP) is 3.91. The van der Waals surface area contributed by atoms with Crippen molar-refractivity contribution in [2.75, 3.05) is 13.2 Å². The fourth-order valence-corrected chi connectivity index (χ4v) is 5.38. The summed E-state index contributed by atoms with van der Waals surface area (Å²) in [5.41, 5.74) is -0.234. The van der Waals surface area contributed by atoms with Gasteiger partial charge in [-0.05, 0) is 38.8 Å². The minimum Gasteiger partial charge on any atom is -0.481 e. The Balaban J connectivity index is 1.99. The number of para-hydroxylation sites is 2. The number of carboxylic acids is 1. The maximum Gasteiger partial charge on any atom is 0.346 e. The van der Waals surface area contributed by atoms with Crippen molar-refractivity contribution < 1.29 is 41.8 Å². The lowest BCUT2D eigenvalue weighted by molar-refractivity contribution is -0.387. The van der Waals surface area contributed by atoms with Gasteiger partial charge in [0.2, 0.25) is 0 Å². The second kappa shape index (κ2) is 13.1. The third-order valence-electron chi connectivity index (χ3n) is 6.12. The van der Waals surface area contributed by atoms with E-state index in [4.69, 9.17) is 14.0 Å². The molecule has 3 rings (SSSR count). The zero-order valence-corrected chi connectivity index (χ0v) is 22.7. The smallest absolute Gasteiger partial charge is 0.346 e. The van der Waals surface area contributed by atoms with Gasteiger partial charge in [0, 0.05) is 30.3 Å². The molecular formula is C26H29N3O10S. The van der Waals surface area contributed by atoms with Crippen LogP contribution >= 0.6 is 0 Å². The zero-order chi connectivity index (χ0) is 29.4. The average molecular weight is 576 g/mol. The number of aliphatic carboxylic acids is 1. The van der Waals surface area contributed by atoms with Crippen molar-refractivity contribution in [2.24, 2.45) is 0 Å². The minimum absolute atomic E-state index is 0.00298. The van der Waals surface area contributed by atoms with Crippen LogP contribution in [0.2, 0.25) is 0 Å². The normalized spacial score (nSPS) is 15.4. The van der Waals surface area contributed by atoms with Crippen LogP contribution < -0.4 is 9.50 Å². The number of benzene rings is 2. The van der Waals surface area contributed by atoms with E-state index in [0.29, 0.717) is 19.3 Å². The number of nitrogens with one attached hydrogen (secondary N) is 1. The van der Waals surface area contributed by atoms with Crippen molar-refractivity contribution >= 4 is 33.8 Å². The molecule has 2 N–H and O–H groups in total. The van der Waals surface area contributed by atoms with E-state index in [-0.39, 0.29) is 42.2 Å². The molecule has 1 aliphatic heterocycles. The summed E-state index contributed by atoms with van der Waals surface area (Å²) in [5.74, 6) is -1.90. The van der Waals surface area contributed by atoms with Gasteiger partial charge in [-0.2, -0.15) is 8.42 Å². The van der Waals surface area contributed by atoms with Crippen molar-refractivity contribution in [2.45, 2.75) is 50.5 Å². The average Bonchev–Trinajstić information content (AvgIpc) is 2.89. The SMILES string of the molecule is CCOC(=O)C1=C(C)N(CCCCCC(=O)O)C(=O)NC1c1ccccc1OS(=O)(=O)c1ccccc1[N+](=O)[O-]. The molecular weight excluding hydrogens is 546 g/mol. The molecule has 2 amide bonds. The van der Waals surface area contributed by atoms with E-state index in [0.717, 1.165) is 12.1 Å². The first kappa shape index (κ1) is 30.1. The summed E-state index contributed by atoms with van der Waals surface area (Å²) in [6.45, 7) is 3.41. The molecule has 1 aliphatic rings. The molecule has 0 aromatic heterocycles. The number of ether oxygens (including phenoxy) is 1. The van der Waals surface area contributed by atoms with Gasteiger partial charge in [0.25, 0.3) is 5.69 Å². The van der Waals surface area contributed by atoms with Crippen molar-refractivity contribution in [3.63, 3.8) is 0 Å². The summed E-state index contributed by atoms with van der Waals surface area (Å²) >= 11 is 0. The lowest BCUT2D eigenvalue weighted by Crippen LogP contribution is -2.48. The van der Waals surface area contributed by atoms with Crippen LogP contribution in [-0.4, -0.2) is 54.5 Å². The first-order valence-electron chi connectivity index (χ1n) is 12.4. The molecule has 0 saturated carbocycles. The number of carbonyl (C=O) groups excluding carboxylic acids is 2. The van der Waals surface area contributed by atoms with Crippen LogP contribution in [0.4, 0.5) is 10.5 Å². The highest BCUT2D eigenvalue weighted by atomic mass is 32.2. The number of allylic oxidation sites excluding steroid dienone is 1. The van der Waals surface area contributed by atoms with Crippen LogP contribution in [0.15, 0.2) is 64.7 Å². The van der Waals surface area contributed by atoms with Crippen molar-refractivity contribution in [3.05, 3.63) is 75.5 Å². The van der Waals surface area contributed by atoms with Gasteiger partial charge in [0.1, 0.15) is 5.75 Å². The number of hydrogen-bond donors (Lipinski definition) is 2. The van der Waals surface area contributed by atoms with Gasteiger partial charge in [-0.1, -0.05) is 36.8 Å². The zero-order valence-electron chi connectivity index (χ0n) is 21.9. The van der Waals surface area contributed by atoms with Crippen molar-refractivity contribution in [3.8, 4) is 5.75 Å². The van der Waals surface area contributed by atoms with E-state index < -0.39 is 49.6 Å². The Labute approximate surface area is 230 Å². The third kappa shape index (κ3) is 6.94. The summed E-state index contributed by atoms with van der Waals surface area (Å²) in [5, 5.41) is 22.9. The largest absolute Gasteiger partial charge is 0.481 e. The first-order valence-corrected chi connectivity index (χ1v) is 13.8. The number of rotatable bonds is 13. The van der Waals surface area contributed by atoms with E-state index in [9.17, 15) is 32.9 Å². The summed E-state index contributed by atoms with van der Waals surface area (Å²) < 4.78 is 36.8. The second-order valence-corrected chi connectivity index (χ2v) is 10.3. The molecule has 2 aromatic rings. The number of nitro benzene ring substituents is 1. The number of hydrogen-bond acceptors (Lipinski definition) is 9. The molecule has 1 unspecified atom stereocenters. The highest BCUT2D eigenvalue weighted by molar-refractivity contribution is 7.87. The molecule has 13 nitrogen and oxygen atoms in total. The monoisotopic (exact) mass is 575 g/mol. The molecule has 1 heterocycles. The molecule has 0 spiro atoms.